The molecule has 1 aromatic rings. The molecule has 1 aliphatic rings. The Kier molecular flexibility index (Phi) is 2.86. The predicted molar refractivity (Wildman–Crippen MR) is 69.4 cm³/mol. The van der Waals surface area contributed by atoms with Gasteiger partial charge in [-0.25, -0.2) is 0 Å². The summed E-state index contributed by atoms with van der Waals surface area (Å²) in [5, 5.41) is 0. The van der Waals surface area contributed by atoms with Crippen LogP contribution in [0.2, 0.25) is 0 Å². The largest absolute Gasteiger partial charge is 0.402 e. The molecule has 0 saturated carbocycles. The Labute approximate surface area is 97.7 Å². The first kappa shape index (κ1) is 11.0. The van der Waals surface area contributed by atoms with Gasteiger partial charge in [0.1, 0.15) is 0 Å². The van der Waals surface area contributed by atoms with E-state index in [1.807, 2.05) is 12.2 Å². The van der Waals surface area contributed by atoms with Gasteiger partial charge in [0.05, 0.1) is 0 Å². The first-order chi connectivity index (χ1) is 7.59. The third kappa shape index (κ3) is 1.90. The fourth-order valence-electron chi connectivity index (χ4n) is 2.67. The van der Waals surface area contributed by atoms with Gasteiger partial charge in [-0.15, -0.1) is 0 Å². The van der Waals surface area contributed by atoms with Crippen molar-refractivity contribution in [1.29, 1.82) is 0 Å². The molecule has 2 N–H and O–H groups in total. The quantitative estimate of drug-likeness (QED) is 0.759. The summed E-state index contributed by atoms with van der Waals surface area (Å²) in [4.78, 5) is 0. The molecule has 0 heterocycles. The fourth-order valence-corrected chi connectivity index (χ4v) is 2.67. The molecule has 2 rings (SSSR count). The molecule has 0 aromatic heterocycles. The Morgan fingerprint density at radius 2 is 1.75 bits per heavy atom. The van der Waals surface area contributed by atoms with Crippen molar-refractivity contribution < 1.29 is 0 Å². The van der Waals surface area contributed by atoms with Gasteiger partial charge in [0.2, 0.25) is 0 Å². The minimum atomic E-state index is 0.366. The first-order valence-corrected chi connectivity index (χ1v) is 5.79. The molecule has 0 spiro atoms. The van der Waals surface area contributed by atoms with Gasteiger partial charge in [-0.1, -0.05) is 29.8 Å². The molecule has 1 aliphatic carbocycles. The topological polar surface area (TPSA) is 26.0 Å². The molecular weight excluding hydrogens is 194 g/mol. The second-order valence-corrected chi connectivity index (χ2v) is 4.70. The maximum absolute atomic E-state index is 6.10. The zero-order valence-corrected chi connectivity index (χ0v) is 10.2. The van der Waals surface area contributed by atoms with E-state index in [2.05, 4.69) is 39.0 Å². The third-order valence-corrected chi connectivity index (χ3v) is 3.29. The van der Waals surface area contributed by atoms with Crippen LogP contribution in [0.25, 0.3) is 0 Å². The van der Waals surface area contributed by atoms with Crippen molar-refractivity contribution in [2.24, 2.45) is 5.73 Å². The molecule has 1 nitrogen and oxygen atoms in total. The van der Waals surface area contributed by atoms with Crippen molar-refractivity contribution in [3.05, 3.63) is 58.3 Å². The molecule has 0 fully saturated rings. The fraction of sp³-hybridized carbons (Fsp3) is 0.333. The van der Waals surface area contributed by atoms with Crippen LogP contribution in [-0.2, 0) is 0 Å². The summed E-state index contributed by atoms with van der Waals surface area (Å²) >= 11 is 0. The monoisotopic (exact) mass is 213 g/mol. The molecule has 0 aliphatic heterocycles. The summed E-state index contributed by atoms with van der Waals surface area (Å²) < 4.78 is 0. The molecule has 1 atom stereocenters. The first-order valence-electron chi connectivity index (χ1n) is 5.79. The second kappa shape index (κ2) is 4.17. The number of hydrogen-bond donors (Lipinski definition) is 1. The maximum atomic E-state index is 6.10. The highest BCUT2D eigenvalue weighted by Crippen LogP contribution is 2.33. The Hall–Kier alpha value is -1.50. The Morgan fingerprint density at radius 1 is 1.12 bits per heavy atom. The van der Waals surface area contributed by atoms with Gasteiger partial charge in [-0.05, 0) is 50.0 Å². The van der Waals surface area contributed by atoms with Crippen LogP contribution >= 0.6 is 0 Å². The van der Waals surface area contributed by atoms with Crippen LogP contribution in [0, 0.1) is 20.8 Å². The van der Waals surface area contributed by atoms with Crippen molar-refractivity contribution >= 4 is 0 Å². The number of nitrogens with two attached hydrogens (primary N) is 1. The molecule has 1 aromatic carbocycles. The molecule has 0 amide bonds. The lowest BCUT2D eigenvalue weighted by Crippen LogP contribution is -2.14. The summed E-state index contributed by atoms with van der Waals surface area (Å²) in [6, 6.07) is 4.49. The van der Waals surface area contributed by atoms with E-state index in [9.17, 15) is 0 Å². The van der Waals surface area contributed by atoms with Gasteiger partial charge in [0.15, 0.2) is 0 Å². The summed E-state index contributed by atoms with van der Waals surface area (Å²) in [5.74, 6) is 0.366. The van der Waals surface area contributed by atoms with E-state index in [0.29, 0.717) is 5.92 Å². The normalized spacial score (nSPS) is 19.7. The summed E-state index contributed by atoms with van der Waals surface area (Å²) in [6.07, 6.45) is 7.28. The number of aryl methyl sites for hydroxylation is 3. The van der Waals surface area contributed by atoms with Crippen LogP contribution in [0.1, 0.15) is 34.6 Å². The predicted octanol–water partition coefficient (Wildman–Crippen LogP) is 3.50. The molecule has 0 saturated heterocycles. The van der Waals surface area contributed by atoms with Crippen molar-refractivity contribution in [3.8, 4) is 0 Å². The van der Waals surface area contributed by atoms with Crippen molar-refractivity contribution in [3.63, 3.8) is 0 Å². The second-order valence-electron chi connectivity index (χ2n) is 4.70. The van der Waals surface area contributed by atoms with Gasteiger partial charge in [-0.3, -0.25) is 0 Å². The van der Waals surface area contributed by atoms with Crippen LogP contribution in [-0.4, -0.2) is 0 Å². The number of rotatable bonds is 1. The van der Waals surface area contributed by atoms with Gasteiger partial charge in [0, 0.05) is 11.6 Å². The van der Waals surface area contributed by atoms with E-state index >= 15 is 0 Å². The SMILES string of the molecule is Cc1cc(C)c(C2CC=CC=C2N)c(C)c1. The number of hydrogen-bond acceptors (Lipinski definition) is 1. The smallest absolute Gasteiger partial charge is 0.0275 e. The molecule has 1 unspecified atom stereocenters. The lowest BCUT2D eigenvalue weighted by Gasteiger charge is -2.23. The van der Waals surface area contributed by atoms with E-state index < -0.39 is 0 Å². The van der Waals surface area contributed by atoms with Gasteiger partial charge >= 0.3 is 0 Å². The van der Waals surface area contributed by atoms with E-state index in [0.717, 1.165) is 12.1 Å². The van der Waals surface area contributed by atoms with Crippen LogP contribution in [0.4, 0.5) is 0 Å². The highest BCUT2D eigenvalue weighted by molar-refractivity contribution is 5.44. The summed E-state index contributed by atoms with van der Waals surface area (Å²) in [5.41, 5.74) is 12.5. The van der Waals surface area contributed by atoms with E-state index in [4.69, 9.17) is 5.73 Å². The maximum Gasteiger partial charge on any atom is 0.0275 e. The lowest BCUT2D eigenvalue weighted by atomic mass is 9.83. The van der Waals surface area contributed by atoms with Crippen LogP contribution in [0.3, 0.4) is 0 Å². The zero-order valence-electron chi connectivity index (χ0n) is 10.2. The van der Waals surface area contributed by atoms with Crippen molar-refractivity contribution in [2.75, 3.05) is 0 Å². The number of allylic oxidation sites excluding steroid dienone is 4. The highest BCUT2D eigenvalue weighted by atomic mass is 14.6. The zero-order chi connectivity index (χ0) is 11.7. The minimum absolute atomic E-state index is 0.366. The van der Waals surface area contributed by atoms with Crippen LogP contribution in [0.15, 0.2) is 36.1 Å². The molecule has 0 radical (unpaired) electrons. The Morgan fingerprint density at radius 3 is 2.31 bits per heavy atom. The lowest BCUT2D eigenvalue weighted by molar-refractivity contribution is 0.772. The standard InChI is InChI=1S/C15H19N/c1-10-8-11(2)15(12(3)9-10)13-6-4-5-7-14(13)16/h4-5,7-9,13H,6,16H2,1-3H3. The third-order valence-electron chi connectivity index (χ3n) is 3.29. The molecule has 84 valence electrons. The Balaban J connectivity index is 2.48. The van der Waals surface area contributed by atoms with Gasteiger partial charge in [0.25, 0.3) is 0 Å². The van der Waals surface area contributed by atoms with E-state index in [1.54, 1.807) is 0 Å². The van der Waals surface area contributed by atoms with E-state index in [-0.39, 0.29) is 0 Å². The van der Waals surface area contributed by atoms with Crippen molar-refractivity contribution in [2.45, 2.75) is 33.1 Å². The summed E-state index contributed by atoms with van der Waals surface area (Å²) in [7, 11) is 0. The number of benzene rings is 1. The molecule has 1 heteroatoms. The average molecular weight is 213 g/mol. The van der Waals surface area contributed by atoms with Crippen molar-refractivity contribution in [1.82, 2.24) is 0 Å². The van der Waals surface area contributed by atoms with Gasteiger partial charge < -0.3 is 5.73 Å². The molecule has 16 heavy (non-hydrogen) atoms. The van der Waals surface area contributed by atoms with E-state index in [1.165, 1.54) is 22.3 Å². The Bertz CT molecular complexity index is 443. The summed E-state index contributed by atoms with van der Waals surface area (Å²) in [6.45, 7) is 6.51. The highest BCUT2D eigenvalue weighted by Gasteiger charge is 2.19. The minimum Gasteiger partial charge on any atom is -0.402 e. The van der Waals surface area contributed by atoms with Gasteiger partial charge in [-0.2, -0.15) is 0 Å². The molecule has 0 bridgehead atoms. The molecular formula is C15H19N. The van der Waals surface area contributed by atoms with Crippen LogP contribution in [0.5, 0.6) is 0 Å². The van der Waals surface area contributed by atoms with Crippen LogP contribution < -0.4 is 5.73 Å². The average Bonchev–Trinajstić information content (AvgIpc) is 2.19.